The van der Waals surface area contributed by atoms with Crippen molar-refractivity contribution in [3.8, 4) is 0 Å². The summed E-state index contributed by atoms with van der Waals surface area (Å²) in [5, 5.41) is -0.139. The number of hydrogen-bond donors (Lipinski definition) is 1. The summed E-state index contributed by atoms with van der Waals surface area (Å²) in [5.74, 6) is -0.194. The van der Waals surface area contributed by atoms with E-state index in [0.717, 1.165) is 0 Å². The average molecular weight is 188 g/mol. The molecule has 12 heavy (non-hydrogen) atoms. The minimum atomic E-state index is -0.139. The van der Waals surface area contributed by atoms with Crippen molar-refractivity contribution in [1.82, 2.24) is 0 Å². The first kappa shape index (κ1) is 13.7. The van der Waals surface area contributed by atoms with E-state index in [4.69, 9.17) is 0 Å². The van der Waals surface area contributed by atoms with Crippen molar-refractivity contribution < 1.29 is 14.4 Å². The molecule has 0 saturated heterocycles. The van der Waals surface area contributed by atoms with Crippen LogP contribution in [0.25, 0.3) is 0 Å². The molecular formula is C8H12O3S. The number of ketones is 2. The fraction of sp³-hybridized carbons (Fsp3) is 0.375. The minimum absolute atomic E-state index is 0.0970. The van der Waals surface area contributed by atoms with Crippen LogP contribution in [0.4, 0.5) is 0 Å². The van der Waals surface area contributed by atoms with Gasteiger partial charge in [-0.1, -0.05) is 0 Å². The molecule has 68 valence electrons. The summed E-state index contributed by atoms with van der Waals surface area (Å²) in [4.78, 5) is 29.5. The lowest BCUT2D eigenvalue weighted by molar-refractivity contribution is -0.114. The second-order valence-electron chi connectivity index (χ2n) is 2.07. The average Bonchev–Trinajstić information content (AvgIpc) is 1.82. The molecule has 0 N–H and O–H groups in total. The van der Waals surface area contributed by atoms with Crippen LogP contribution in [-0.4, -0.2) is 16.7 Å². The zero-order valence-electron chi connectivity index (χ0n) is 7.33. The molecule has 0 aliphatic heterocycles. The van der Waals surface area contributed by atoms with Crippen LogP contribution in [0.1, 0.15) is 20.8 Å². The molecule has 0 aliphatic rings. The number of hydrogen-bond acceptors (Lipinski definition) is 3. The van der Waals surface area contributed by atoms with Crippen molar-refractivity contribution in [2.24, 2.45) is 0 Å². The van der Waals surface area contributed by atoms with Gasteiger partial charge in [-0.05, 0) is 26.0 Å². The molecule has 0 atom stereocenters. The molecule has 0 rings (SSSR count). The SMILES string of the molecule is CC(=O)C=CC(C)=O.CC(=O)S. The summed E-state index contributed by atoms with van der Waals surface area (Å²) in [5.41, 5.74) is 0. The molecule has 0 unspecified atom stereocenters. The molecule has 0 aromatic heterocycles. The van der Waals surface area contributed by atoms with Crippen molar-refractivity contribution >= 4 is 29.3 Å². The second-order valence-corrected chi connectivity index (χ2v) is 2.70. The van der Waals surface area contributed by atoms with E-state index >= 15 is 0 Å². The maximum Gasteiger partial charge on any atom is 0.182 e. The zero-order chi connectivity index (χ0) is 10.1. The van der Waals surface area contributed by atoms with Crippen molar-refractivity contribution in [2.45, 2.75) is 20.8 Å². The van der Waals surface area contributed by atoms with E-state index < -0.39 is 0 Å². The lowest BCUT2D eigenvalue weighted by atomic mass is 10.3. The van der Waals surface area contributed by atoms with E-state index in [1.165, 1.54) is 32.9 Å². The first-order valence-corrected chi connectivity index (χ1v) is 3.69. The molecule has 0 aliphatic carbocycles. The number of rotatable bonds is 2. The summed E-state index contributed by atoms with van der Waals surface area (Å²) in [6, 6.07) is 0. The van der Waals surface area contributed by atoms with Crippen LogP contribution in [0.15, 0.2) is 12.2 Å². The smallest absolute Gasteiger partial charge is 0.182 e. The Kier molecular flexibility index (Phi) is 9.34. The van der Waals surface area contributed by atoms with Gasteiger partial charge in [0, 0.05) is 6.92 Å². The Balaban J connectivity index is 0. The zero-order valence-corrected chi connectivity index (χ0v) is 8.22. The first-order valence-electron chi connectivity index (χ1n) is 3.25. The Morgan fingerprint density at radius 2 is 1.08 bits per heavy atom. The van der Waals surface area contributed by atoms with Gasteiger partial charge in [0.25, 0.3) is 0 Å². The van der Waals surface area contributed by atoms with E-state index in [1.54, 1.807) is 0 Å². The predicted octanol–water partition coefficient (Wildman–Crippen LogP) is 1.18. The number of thiol groups is 1. The van der Waals surface area contributed by atoms with Gasteiger partial charge in [-0.2, -0.15) is 0 Å². The second kappa shape index (κ2) is 8.20. The maximum absolute atomic E-state index is 10.1. The fourth-order valence-electron chi connectivity index (χ4n) is 0.235. The van der Waals surface area contributed by atoms with Gasteiger partial charge in [-0.25, -0.2) is 0 Å². The molecule has 3 nitrogen and oxygen atoms in total. The van der Waals surface area contributed by atoms with Crippen LogP contribution in [0, 0.1) is 0 Å². The van der Waals surface area contributed by atoms with E-state index in [1.807, 2.05) is 0 Å². The van der Waals surface area contributed by atoms with Gasteiger partial charge in [0.1, 0.15) is 0 Å². The molecule has 0 saturated carbocycles. The highest BCUT2D eigenvalue weighted by molar-refractivity contribution is 7.96. The molecule has 0 radical (unpaired) electrons. The van der Waals surface area contributed by atoms with Crippen LogP contribution in [0.2, 0.25) is 0 Å². The maximum atomic E-state index is 10.1. The van der Waals surface area contributed by atoms with Gasteiger partial charge in [0.05, 0.1) is 0 Å². The molecule has 0 aromatic carbocycles. The van der Waals surface area contributed by atoms with Gasteiger partial charge in [0.15, 0.2) is 16.7 Å². The lowest BCUT2D eigenvalue weighted by Crippen LogP contribution is -1.85. The molecule has 4 heteroatoms. The number of carbonyl (C=O) groups excluding carboxylic acids is 3. The van der Waals surface area contributed by atoms with Crippen molar-refractivity contribution in [3.63, 3.8) is 0 Å². The topological polar surface area (TPSA) is 51.2 Å². The van der Waals surface area contributed by atoms with E-state index in [-0.39, 0.29) is 16.7 Å². The molecule has 0 fully saturated rings. The largest absolute Gasteiger partial charge is 0.295 e. The van der Waals surface area contributed by atoms with Gasteiger partial charge < -0.3 is 0 Å². The van der Waals surface area contributed by atoms with Crippen LogP contribution in [0.3, 0.4) is 0 Å². The van der Waals surface area contributed by atoms with Crippen LogP contribution in [-0.2, 0) is 14.4 Å². The third kappa shape index (κ3) is 35.5. The Hall–Kier alpha value is -0.900. The van der Waals surface area contributed by atoms with E-state index in [9.17, 15) is 14.4 Å². The Morgan fingerprint density at radius 1 is 0.917 bits per heavy atom. The van der Waals surface area contributed by atoms with E-state index in [2.05, 4.69) is 12.6 Å². The highest BCUT2D eigenvalue weighted by Gasteiger charge is 1.83. The van der Waals surface area contributed by atoms with Crippen LogP contribution < -0.4 is 0 Å². The Labute approximate surface area is 77.2 Å². The van der Waals surface area contributed by atoms with Crippen LogP contribution in [0.5, 0.6) is 0 Å². The number of carbonyl (C=O) groups is 3. The standard InChI is InChI=1S/C6H8O2.C2H4OS/c1-5(7)3-4-6(2)8;1-2(3)4/h3-4H,1-2H3;1H3,(H,3,4). The summed E-state index contributed by atoms with van der Waals surface area (Å²) >= 11 is 3.33. The Bertz CT molecular complexity index is 186. The summed E-state index contributed by atoms with van der Waals surface area (Å²) < 4.78 is 0. The summed E-state index contributed by atoms with van der Waals surface area (Å²) in [7, 11) is 0. The molecular weight excluding hydrogens is 176 g/mol. The quantitative estimate of drug-likeness (QED) is 0.523. The lowest BCUT2D eigenvalue weighted by Gasteiger charge is -1.74. The fourth-order valence-corrected chi connectivity index (χ4v) is 0.235. The molecule has 0 aromatic rings. The first-order chi connectivity index (χ1) is 5.36. The van der Waals surface area contributed by atoms with Gasteiger partial charge in [0.2, 0.25) is 0 Å². The third-order valence-electron chi connectivity index (χ3n) is 0.553. The molecule has 0 amide bonds. The third-order valence-corrected chi connectivity index (χ3v) is 0.553. The van der Waals surface area contributed by atoms with Crippen molar-refractivity contribution in [2.75, 3.05) is 0 Å². The van der Waals surface area contributed by atoms with Crippen molar-refractivity contribution in [1.29, 1.82) is 0 Å². The normalized spacial score (nSPS) is 8.67. The van der Waals surface area contributed by atoms with Crippen molar-refractivity contribution in [3.05, 3.63) is 12.2 Å². The van der Waals surface area contributed by atoms with E-state index in [0.29, 0.717) is 0 Å². The monoisotopic (exact) mass is 188 g/mol. The molecule has 0 spiro atoms. The molecule has 0 heterocycles. The van der Waals surface area contributed by atoms with Crippen LogP contribution >= 0.6 is 12.6 Å². The predicted molar refractivity (Wildman–Crippen MR) is 50.2 cm³/mol. The highest BCUT2D eigenvalue weighted by Crippen LogP contribution is 1.75. The summed E-state index contributed by atoms with van der Waals surface area (Å²) in [6.07, 6.45) is 2.50. The van der Waals surface area contributed by atoms with Gasteiger partial charge in [-0.3, -0.25) is 14.4 Å². The minimum Gasteiger partial charge on any atom is -0.295 e. The van der Waals surface area contributed by atoms with Gasteiger partial charge >= 0.3 is 0 Å². The molecule has 0 bridgehead atoms. The summed E-state index contributed by atoms with van der Waals surface area (Å²) in [6.45, 7) is 4.20. The number of allylic oxidation sites excluding steroid dienone is 2. The Morgan fingerprint density at radius 3 is 1.17 bits per heavy atom. The van der Waals surface area contributed by atoms with Gasteiger partial charge in [-0.15, -0.1) is 12.6 Å². The highest BCUT2D eigenvalue weighted by atomic mass is 32.1.